The molecule has 4 nitrogen and oxygen atoms in total. The zero-order chi connectivity index (χ0) is 11.5. The highest BCUT2D eigenvalue weighted by molar-refractivity contribution is 7.06. The second-order valence-corrected chi connectivity index (χ2v) is 5.02. The molecule has 0 saturated carbocycles. The van der Waals surface area contributed by atoms with Gasteiger partial charge in [0.15, 0.2) is 0 Å². The molecule has 15 heavy (non-hydrogen) atoms. The van der Waals surface area contributed by atoms with Crippen molar-refractivity contribution in [1.29, 1.82) is 0 Å². The van der Waals surface area contributed by atoms with Crippen LogP contribution in [0.15, 0.2) is 6.07 Å². The van der Waals surface area contributed by atoms with Crippen LogP contribution in [0.4, 0.5) is 0 Å². The van der Waals surface area contributed by atoms with Gasteiger partial charge < -0.3 is 15.2 Å². The molecule has 0 aliphatic heterocycles. The number of hydrogen-bond acceptors (Lipinski definition) is 5. The van der Waals surface area contributed by atoms with Crippen LogP contribution in [0.2, 0.25) is 0 Å². The van der Waals surface area contributed by atoms with E-state index < -0.39 is 5.60 Å². The fraction of sp³-hybridized carbons (Fsp3) is 0.700. The molecule has 1 aromatic rings. The minimum Gasteiger partial charge on any atom is -0.480 e. The summed E-state index contributed by atoms with van der Waals surface area (Å²) in [6.07, 6.45) is 0. The van der Waals surface area contributed by atoms with E-state index in [-0.39, 0.29) is 6.04 Å². The van der Waals surface area contributed by atoms with Gasteiger partial charge in [0, 0.05) is 23.5 Å². The topological polar surface area (TPSA) is 54.4 Å². The Balaban J connectivity index is 2.50. The lowest BCUT2D eigenvalue weighted by atomic mass is 10.1. The maximum atomic E-state index is 9.57. The third kappa shape index (κ3) is 4.15. The Hall–Kier alpha value is -0.650. The zero-order valence-corrected chi connectivity index (χ0v) is 10.4. The lowest BCUT2D eigenvalue weighted by molar-refractivity contribution is 0.0771. The fourth-order valence-corrected chi connectivity index (χ4v) is 1.79. The summed E-state index contributed by atoms with van der Waals surface area (Å²) in [5.74, 6) is 0.645. The number of rotatable bonds is 5. The summed E-state index contributed by atoms with van der Waals surface area (Å²) >= 11 is 1.41. The van der Waals surface area contributed by atoms with E-state index in [1.165, 1.54) is 11.5 Å². The van der Waals surface area contributed by atoms with Crippen molar-refractivity contribution in [2.24, 2.45) is 0 Å². The van der Waals surface area contributed by atoms with Gasteiger partial charge in [-0.15, -0.1) is 0 Å². The van der Waals surface area contributed by atoms with Gasteiger partial charge in [0.25, 0.3) is 0 Å². The lowest BCUT2D eigenvalue weighted by Gasteiger charge is -2.20. The van der Waals surface area contributed by atoms with Crippen LogP contribution in [0.3, 0.4) is 0 Å². The maximum absolute atomic E-state index is 9.57. The van der Waals surface area contributed by atoms with Crippen LogP contribution >= 0.6 is 11.5 Å². The van der Waals surface area contributed by atoms with E-state index in [1.54, 1.807) is 21.0 Å². The average molecular weight is 230 g/mol. The Morgan fingerprint density at radius 1 is 1.67 bits per heavy atom. The summed E-state index contributed by atoms with van der Waals surface area (Å²) in [4.78, 5) is 1.11. The average Bonchev–Trinajstić information content (AvgIpc) is 2.61. The van der Waals surface area contributed by atoms with Gasteiger partial charge in [0.05, 0.1) is 12.7 Å². The molecule has 0 fully saturated rings. The molecule has 0 saturated heterocycles. The Kier molecular flexibility index (Phi) is 4.07. The first kappa shape index (κ1) is 12.4. The van der Waals surface area contributed by atoms with Crippen molar-refractivity contribution in [1.82, 2.24) is 9.69 Å². The van der Waals surface area contributed by atoms with E-state index in [9.17, 15) is 5.11 Å². The van der Waals surface area contributed by atoms with Crippen LogP contribution in [0, 0.1) is 0 Å². The molecule has 0 aromatic carbocycles. The highest BCUT2D eigenvalue weighted by atomic mass is 32.1. The second-order valence-electron chi connectivity index (χ2n) is 4.19. The van der Waals surface area contributed by atoms with Crippen molar-refractivity contribution in [2.75, 3.05) is 13.7 Å². The SMILES string of the molecule is COc1cc(C(C)NCC(C)(C)O)sn1. The normalized spacial score (nSPS) is 13.9. The third-order valence-corrected chi connectivity index (χ3v) is 2.94. The minimum absolute atomic E-state index is 0.179. The van der Waals surface area contributed by atoms with Gasteiger partial charge in [-0.25, -0.2) is 0 Å². The zero-order valence-electron chi connectivity index (χ0n) is 9.57. The number of methoxy groups -OCH3 is 1. The summed E-state index contributed by atoms with van der Waals surface area (Å²) in [7, 11) is 1.60. The summed E-state index contributed by atoms with van der Waals surface area (Å²) in [6, 6.07) is 2.09. The molecule has 86 valence electrons. The lowest BCUT2D eigenvalue weighted by Crippen LogP contribution is -2.35. The first-order valence-electron chi connectivity index (χ1n) is 4.89. The minimum atomic E-state index is -0.691. The van der Waals surface area contributed by atoms with Gasteiger partial charge in [-0.05, 0) is 32.3 Å². The summed E-state index contributed by atoms with van der Waals surface area (Å²) in [5.41, 5.74) is -0.691. The summed E-state index contributed by atoms with van der Waals surface area (Å²) in [5, 5.41) is 12.8. The van der Waals surface area contributed by atoms with E-state index in [0.717, 1.165) is 4.88 Å². The van der Waals surface area contributed by atoms with Gasteiger partial charge in [-0.1, -0.05) is 0 Å². The molecule has 1 heterocycles. The summed E-state index contributed by atoms with van der Waals surface area (Å²) < 4.78 is 9.13. The van der Waals surface area contributed by atoms with Crippen molar-refractivity contribution in [3.63, 3.8) is 0 Å². The van der Waals surface area contributed by atoms with Crippen molar-refractivity contribution < 1.29 is 9.84 Å². The van der Waals surface area contributed by atoms with Crippen LogP contribution in [-0.4, -0.2) is 28.7 Å². The molecule has 0 amide bonds. The molecular weight excluding hydrogens is 212 g/mol. The predicted molar refractivity (Wildman–Crippen MR) is 61.4 cm³/mol. The van der Waals surface area contributed by atoms with Crippen molar-refractivity contribution in [3.8, 4) is 5.88 Å². The molecular formula is C10H18N2O2S. The van der Waals surface area contributed by atoms with Gasteiger partial charge in [-0.2, -0.15) is 4.37 Å². The largest absolute Gasteiger partial charge is 0.480 e. The molecule has 0 aliphatic rings. The van der Waals surface area contributed by atoms with Crippen molar-refractivity contribution >= 4 is 11.5 Å². The Morgan fingerprint density at radius 2 is 2.33 bits per heavy atom. The van der Waals surface area contributed by atoms with Crippen LogP contribution < -0.4 is 10.1 Å². The third-order valence-electron chi connectivity index (χ3n) is 1.98. The van der Waals surface area contributed by atoms with Crippen LogP contribution in [-0.2, 0) is 0 Å². The van der Waals surface area contributed by atoms with E-state index in [2.05, 4.69) is 9.69 Å². The van der Waals surface area contributed by atoms with Gasteiger partial charge in [0.1, 0.15) is 0 Å². The van der Waals surface area contributed by atoms with E-state index in [0.29, 0.717) is 12.4 Å². The van der Waals surface area contributed by atoms with Crippen molar-refractivity contribution in [2.45, 2.75) is 32.4 Å². The Labute approximate surface area is 94.4 Å². The van der Waals surface area contributed by atoms with Gasteiger partial charge in [-0.3, -0.25) is 0 Å². The molecule has 1 rings (SSSR count). The van der Waals surface area contributed by atoms with E-state index in [1.807, 2.05) is 13.0 Å². The van der Waals surface area contributed by atoms with Gasteiger partial charge in [0.2, 0.25) is 5.88 Å². The second kappa shape index (κ2) is 4.92. The predicted octanol–water partition coefficient (Wildman–Crippen LogP) is 1.57. The van der Waals surface area contributed by atoms with Crippen LogP contribution in [0.5, 0.6) is 5.88 Å². The first-order chi connectivity index (χ1) is 6.92. The molecule has 1 aromatic heterocycles. The Bertz CT molecular complexity index is 307. The smallest absolute Gasteiger partial charge is 0.225 e. The Morgan fingerprint density at radius 3 is 2.80 bits per heavy atom. The maximum Gasteiger partial charge on any atom is 0.225 e. The van der Waals surface area contributed by atoms with Gasteiger partial charge >= 0.3 is 0 Å². The standard InChI is InChI=1S/C10H18N2O2S/c1-7(11-6-10(2,3)13)8-5-9(14-4)12-15-8/h5,7,11,13H,6H2,1-4H3. The van der Waals surface area contributed by atoms with Crippen LogP contribution in [0.1, 0.15) is 31.7 Å². The monoisotopic (exact) mass is 230 g/mol. The highest BCUT2D eigenvalue weighted by Crippen LogP contribution is 2.22. The molecule has 1 unspecified atom stereocenters. The quantitative estimate of drug-likeness (QED) is 0.806. The number of aromatic nitrogens is 1. The summed E-state index contributed by atoms with van der Waals surface area (Å²) in [6.45, 7) is 6.15. The number of nitrogens with one attached hydrogen (secondary N) is 1. The molecule has 0 aliphatic carbocycles. The number of ether oxygens (including phenoxy) is 1. The molecule has 2 N–H and O–H groups in total. The molecule has 1 atom stereocenters. The van der Waals surface area contributed by atoms with E-state index >= 15 is 0 Å². The number of nitrogens with zero attached hydrogens (tertiary/aromatic N) is 1. The number of aliphatic hydroxyl groups is 1. The highest BCUT2D eigenvalue weighted by Gasteiger charge is 2.16. The van der Waals surface area contributed by atoms with Crippen molar-refractivity contribution in [3.05, 3.63) is 10.9 Å². The van der Waals surface area contributed by atoms with E-state index in [4.69, 9.17) is 4.74 Å². The molecule has 0 spiro atoms. The number of hydrogen-bond donors (Lipinski definition) is 2. The first-order valence-corrected chi connectivity index (χ1v) is 5.66. The fourth-order valence-electron chi connectivity index (χ4n) is 1.08. The molecule has 5 heteroatoms. The molecule has 0 bridgehead atoms. The molecule has 0 radical (unpaired) electrons. The van der Waals surface area contributed by atoms with Crippen LogP contribution in [0.25, 0.3) is 0 Å².